The lowest BCUT2D eigenvalue weighted by Gasteiger charge is -2.35. The number of likely N-dealkylation sites (tertiary alicyclic amines) is 1. The van der Waals surface area contributed by atoms with E-state index in [4.69, 9.17) is 16.7 Å². The van der Waals surface area contributed by atoms with Crippen LogP contribution in [0.2, 0.25) is 5.15 Å². The molecule has 1 N–H and O–H groups in total. The van der Waals surface area contributed by atoms with E-state index in [2.05, 4.69) is 4.98 Å². The summed E-state index contributed by atoms with van der Waals surface area (Å²) in [6.07, 6.45) is 2.58. The first-order chi connectivity index (χ1) is 9.47. The predicted molar refractivity (Wildman–Crippen MR) is 74.9 cm³/mol. The van der Waals surface area contributed by atoms with Gasteiger partial charge in [-0.25, -0.2) is 4.98 Å². The Morgan fingerprint density at radius 3 is 2.85 bits per heavy atom. The first-order valence-electron chi connectivity index (χ1n) is 6.64. The normalized spacial score (nSPS) is 18.9. The molecule has 0 aromatic carbocycles. The minimum Gasteiger partial charge on any atom is -0.481 e. The molecule has 0 saturated carbocycles. The number of piperidine rings is 1. The van der Waals surface area contributed by atoms with E-state index in [0.717, 1.165) is 19.3 Å². The number of carbonyl (C=O) groups is 2. The van der Waals surface area contributed by atoms with E-state index in [-0.39, 0.29) is 23.5 Å². The van der Waals surface area contributed by atoms with Crippen LogP contribution in [-0.4, -0.2) is 39.5 Å². The van der Waals surface area contributed by atoms with Gasteiger partial charge in [-0.05, 0) is 38.3 Å². The Kier molecular flexibility index (Phi) is 4.60. The number of carboxylic acid groups (broad SMARTS) is 1. The molecule has 5 nitrogen and oxygen atoms in total. The molecule has 1 aliphatic rings. The zero-order valence-corrected chi connectivity index (χ0v) is 12.1. The van der Waals surface area contributed by atoms with Crippen molar-refractivity contribution in [3.63, 3.8) is 0 Å². The van der Waals surface area contributed by atoms with Crippen molar-refractivity contribution < 1.29 is 14.7 Å². The zero-order valence-electron chi connectivity index (χ0n) is 11.3. The van der Waals surface area contributed by atoms with Gasteiger partial charge in [0.15, 0.2) is 0 Å². The molecule has 0 spiro atoms. The average Bonchev–Trinajstić information content (AvgIpc) is 2.36. The summed E-state index contributed by atoms with van der Waals surface area (Å²) in [5, 5.41) is 9.23. The van der Waals surface area contributed by atoms with Crippen molar-refractivity contribution in [3.05, 3.63) is 28.5 Å². The summed E-state index contributed by atoms with van der Waals surface area (Å²) in [5.41, 5.74) is 1.15. The minimum absolute atomic E-state index is 0.0104. The van der Waals surface area contributed by atoms with E-state index in [1.54, 1.807) is 17.9 Å². The molecule has 20 heavy (non-hydrogen) atoms. The van der Waals surface area contributed by atoms with Crippen LogP contribution in [-0.2, 0) is 4.79 Å². The standard InChI is InChI=1S/C14H17ClN2O3/c1-9-6-10(7-12(15)16-9)14(20)17-5-3-2-4-11(17)8-13(18)19/h6-7,11H,2-5,8H2,1H3,(H,18,19). The van der Waals surface area contributed by atoms with Crippen molar-refractivity contribution in [2.24, 2.45) is 0 Å². The number of halogens is 1. The van der Waals surface area contributed by atoms with Gasteiger partial charge in [0, 0.05) is 23.8 Å². The van der Waals surface area contributed by atoms with Crippen molar-refractivity contribution in [3.8, 4) is 0 Å². The zero-order chi connectivity index (χ0) is 14.7. The molecule has 108 valence electrons. The highest BCUT2D eigenvalue weighted by Crippen LogP contribution is 2.23. The van der Waals surface area contributed by atoms with Crippen LogP contribution >= 0.6 is 11.6 Å². The SMILES string of the molecule is Cc1cc(C(=O)N2CCCCC2CC(=O)O)cc(Cl)n1. The van der Waals surface area contributed by atoms with Crippen LogP contribution in [0.3, 0.4) is 0 Å². The molecule has 1 aromatic heterocycles. The molecule has 1 atom stereocenters. The van der Waals surface area contributed by atoms with Crippen molar-refractivity contribution in [2.75, 3.05) is 6.54 Å². The molecular formula is C14H17ClN2O3. The number of rotatable bonds is 3. The molecule has 1 amide bonds. The van der Waals surface area contributed by atoms with Gasteiger partial charge in [-0.2, -0.15) is 0 Å². The van der Waals surface area contributed by atoms with Gasteiger partial charge in [0.1, 0.15) is 5.15 Å². The third-order valence-electron chi connectivity index (χ3n) is 3.47. The fourth-order valence-corrected chi connectivity index (χ4v) is 2.85. The number of carbonyl (C=O) groups excluding carboxylic acids is 1. The van der Waals surface area contributed by atoms with Gasteiger partial charge in [0.25, 0.3) is 5.91 Å². The molecule has 0 radical (unpaired) electrons. The second kappa shape index (κ2) is 6.22. The van der Waals surface area contributed by atoms with Gasteiger partial charge >= 0.3 is 5.97 Å². The van der Waals surface area contributed by atoms with Gasteiger partial charge < -0.3 is 10.0 Å². The highest BCUT2D eigenvalue weighted by molar-refractivity contribution is 6.29. The van der Waals surface area contributed by atoms with Gasteiger partial charge in [-0.3, -0.25) is 9.59 Å². The maximum atomic E-state index is 12.5. The molecule has 1 unspecified atom stereocenters. The maximum Gasteiger partial charge on any atom is 0.305 e. The van der Waals surface area contributed by atoms with Crippen LogP contribution in [0.25, 0.3) is 0 Å². The largest absolute Gasteiger partial charge is 0.481 e. The van der Waals surface area contributed by atoms with Crippen LogP contribution in [0, 0.1) is 6.92 Å². The van der Waals surface area contributed by atoms with E-state index in [1.807, 2.05) is 0 Å². The highest BCUT2D eigenvalue weighted by atomic mass is 35.5. The molecule has 0 bridgehead atoms. The third kappa shape index (κ3) is 3.48. The molecule has 0 aliphatic carbocycles. The van der Waals surface area contributed by atoms with E-state index >= 15 is 0 Å². The smallest absolute Gasteiger partial charge is 0.305 e. The summed E-state index contributed by atoms with van der Waals surface area (Å²) in [7, 11) is 0. The molecular weight excluding hydrogens is 280 g/mol. The highest BCUT2D eigenvalue weighted by Gasteiger charge is 2.29. The van der Waals surface area contributed by atoms with Gasteiger partial charge in [-0.1, -0.05) is 11.6 Å². The average molecular weight is 297 g/mol. The van der Waals surface area contributed by atoms with Gasteiger partial charge in [0.2, 0.25) is 0 Å². The topological polar surface area (TPSA) is 70.5 Å². The monoisotopic (exact) mass is 296 g/mol. The second-order valence-electron chi connectivity index (χ2n) is 5.07. The van der Waals surface area contributed by atoms with Crippen molar-refractivity contribution in [1.82, 2.24) is 9.88 Å². The first kappa shape index (κ1) is 14.8. The van der Waals surface area contributed by atoms with Crippen molar-refractivity contribution in [1.29, 1.82) is 0 Å². The Morgan fingerprint density at radius 2 is 2.20 bits per heavy atom. The Hall–Kier alpha value is -1.62. The summed E-state index contributed by atoms with van der Waals surface area (Å²) < 4.78 is 0. The lowest BCUT2D eigenvalue weighted by molar-refractivity contribution is -0.138. The number of pyridine rings is 1. The van der Waals surface area contributed by atoms with E-state index in [0.29, 0.717) is 17.8 Å². The van der Waals surface area contributed by atoms with Crippen molar-refractivity contribution >= 4 is 23.5 Å². The van der Waals surface area contributed by atoms with Crippen LogP contribution in [0.15, 0.2) is 12.1 Å². The first-order valence-corrected chi connectivity index (χ1v) is 7.02. The molecule has 1 aliphatic heterocycles. The quantitative estimate of drug-likeness (QED) is 0.870. The lowest BCUT2D eigenvalue weighted by atomic mass is 9.98. The van der Waals surface area contributed by atoms with Crippen LogP contribution in [0.1, 0.15) is 41.7 Å². The Morgan fingerprint density at radius 1 is 1.45 bits per heavy atom. The molecule has 6 heteroatoms. The Bertz CT molecular complexity index is 513. The Labute approximate surface area is 122 Å². The number of aliphatic carboxylic acids is 1. The number of aromatic nitrogens is 1. The molecule has 2 rings (SSSR count). The minimum atomic E-state index is -0.876. The number of nitrogens with zero attached hydrogens (tertiary/aromatic N) is 2. The van der Waals surface area contributed by atoms with Gasteiger partial charge in [0.05, 0.1) is 6.42 Å². The van der Waals surface area contributed by atoms with Crippen molar-refractivity contribution in [2.45, 2.75) is 38.6 Å². The number of carboxylic acids is 1. The number of hydrogen-bond acceptors (Lipinski definition) is 3. The molecule has 1 saturated heterocycles. The lowest BCUT2D eigenvalue weighted by Crippen LogP contribution is -2.44. The van der Waals surface area contributed by atoms with E-state index in [1.165, 1.54) is 6.07 Å². The summed E-state index contributed by atoms with van der Waals surface area (Å²) in [6, 6.07) is 2.98. The van der Waals surface area contributed by atoms with Crippen LogP contribution in [0.5, 0.6) is 0 Å². The van der Waals surface area contributed by atoms with E-state index in [9.17, 15) is 9.59 Å². The molecule has 1 aromatic rings. The van der Waals surface area contributed by atoms with Gasteiger partial charge in [-0.15, -0.1) is 0 Å². The Balaban J connectivity index is 2.22. The number of hydrogen-bond donors (Lipinski definition) is 1. The van der Waals surface area contributed by atoms with Crippen LogP contribution in [0.4, 0.5) is 0 Å². The number of amides is 1. The second-order valence-corrected chi connectivity index (χ2v) is 5.45. The fraction of sp³-hybridized carbons (Fsp3) is 0.500. The molecule has 1 fully saturated rings. The predicted octanol–water partition coefficient (Wildman–Crippen LogP) is 2.51. The summed E-state index contributed by atoms with van der Waals surface area (Å²) in [5.74, 6) is -1.04. The summed E-state index contributed by atoms with van der Waals surface area (Å²) in [6.45, 7) is 2.36. The molecule has 2 heterocycles. The summed E-state index contributed by atoms with van der Waals surface area (Å²) in [4.78, 5) is 29.1. The fourth-order valence-electron chi connectivity index (χ4n) is 2.60. The number of aryl methyl sites for hydroxylation is 1. The van der Waals surface area contributed by atoms with Crippen LogP contribution < -0.4 is 0 Å². The summed E-state index contributed by atoms with van der Waals surface area (Å²) >= 11 is 5.88. The maximum absolute atomic E-state index is 12.5. The van der Waals surface area contributed by atoms with E-state index < -0.39 is 5.97 Å². The third-order valence-corrected chi connectivity index (χ3v) is 3.66.